The number of hydrogen-bond acceptors (Lipinski definition) is 3. The Morgan fingerprint density at radius 1 is 1.39 bits per heavy atom. The number of carbonyl (C=O) groups excluding carboxylic acids is 2. The van der Waals surface area contributed by atoms with Gasteiger partial charge in [0.05, 0.1) is 6.04 Å². The van der Waals surface area contributed by atoms with Gasteiger partial charge in [0.15, 0.2) is 0 Å². The second kappa shape index (κ2) is 7.36. The summed E-state index contributed by atoms with van der Waals surface area (Å²) in [6, 6.07) is -0.0405. The van der Waals surface area contributed by atoms with Crippen LogP contribution >= 0.6 is 0 Å². The van der Waals surface area contributed by atoms with Gasteiger partial charge in [0.2, 0.25) is 11.8 Å². The zero-order valence-electron chi connectivity index (χ0n) is 11.4. The van der Waals surface area contributed by atoms with Crippen LogP contribution in [0, 0.1) is 5.92 Å². The Hall–Kier alpha value is -1.10. The number of amides is 2. The molecule has 104 valence electrons. The summed E-state index contributed by atoms with van der Waals surface area (Å²) in [4.78, 5) is 23.0. The molecule has 0 radical (unpaired) electrons. The van der Waals surface area contributed by atoms with E-state index in [-0.39, 0.29) is 17.7 Å². The van der Waals surface area contributed by atoms with Crippen molar-refractivity contribution >= 4 is 11.8 Å². The minimum atomic E-state index is -0.449. The molecule has 0 aromatic rings. The maximum absolute atomic E-state index is 11.6. The van der Waals surface area contributed by atoms with Gasteiger partial charge in [-0.2, -0.15) is 0 Å². The van der Waals surface area contributed by atoms with Crippen LogP contribution in [0.5, 0.6) is 0 Å². The lowest BCUT2D eigenvalue weighted by atomic mass is 9.99. The fourth-order valence-corrected chi connectivity index (χ4v) is 1.62. The van der Waals surface area contributed by atoms with E-state index >= 15 is 0 Å². The van der Waals surface area contributed by atoms with Crippen LogP contribution in [0.2, 0.25) is 0 Å². The van der Waals surface area contributed by atoms with Gasteiger partial charge in [0.25, 0.3) is 0 Å². The van der Waals surface area contributed by atoms with E-state index in [4.69, 9.17) is 5.73 Å². The maximum atomic E-state index is 11.6. The molecule has 0 unspecified atom stereocenters. The number of carbonyl (C=O) groups is 2. The summed E-state index contributed by atoms with van der Waals surface area (Å²) < 4.78 is 0. The van der Waals surface area contributed by atoms with Crippen molar-refractivity contribution in [3.8, 4) is 0 Å². The zero-order chi connectivity index (χ0) is 13.5. The van der Waals surface area contributed by atoms with E-state index in [0.717, 1.165) is 19.3 Å². The second-order valence-corrected chi connectivity index (χ2v) is 5.15. The van der Waals surface area contributed by atoms with Gasteiger partial charge in [-0.25, -0.2) is 0 Å². The summed E-state index contributed by atoms with van der Waals surface area (Å²) in [6.07, 6.45) is 4.23. The van der Waals surface area contributed by atoms with Gasteiger partial charge in [-0.15, -0.1) is 0 Å². The molecule has 1 aliphatic rings. The first-order chi connectivity index (χ1) is 8.54. The molecule has 18 heavy (non-hydrogen) atoms. The number of rotatable bonds is 8. The highest BCUT2D eigenvalue weighted by Gasteiger charge is 2.23. The summed E-state index contributed by atoms with van der Waals surface area (Å²) in [5.41, 5.74) is 5.80. The second-order valence-electron chi connectivity index (χ2n) is 5.15. The molecule has 0 bridgehead atoms. The van der Waals surface area contributed by atoms with Gasteiger partial charge in [-0.3, -0.25) is 9.59 Å². The van der Waals surface area contributed by atoms with Crippen LogP contribution < -0.4 is 16.4 Å². The summed E-state index contributed by atoms with van der Waals surface area (Å²) in [5.74, 6) is 0.146. The topological polar surface area (TPSA) is 84.2 Å². The van der Waals surface area contributed by atoms with Gasteiger partial charge in [-0.1, -0.05) is 20.3 Å². The molecule has 1 fully saturated rings. The molecule has 5 heteroatoms. The van der Waals surface area contributed by atoms with Crippen molar-refractivity contribution in [2.24, 2.45) is 11.7 Å². The predicted molar refractivity (Wildman–Crippen MR) is 70.8 cm³/mol. The summed E-state index contributed by atoms with van der Waals surface area (Å²) in [5, 5.41) is 5.69. The first-order valence-electron chi connectivity index (χ1n) is 6.87. The van der Waals surface area contributed by atoms with Crippen LogP contribution in [0.15, 0.2) is 0 Å². The highest BCUT2D eigenvalue weighted by atomic mass is 16.2. The van der Waals surface area contributed by atoms with Gasteiger partial charge in [0.1, 0.15) is 0 Å². The lowest BCUT2D eigenvalue weighted by molar-refractivity contribution is -0.124. The quantitative estimate of drug-likeness (QED) is 0.553. The van der Waals surface area contributed by atoms with E-state index in [1.54, 1.807) is 0 Å². The van der Waals surface area contributed by atoms with Gasteiger partial charge in [0, 0.05) is 19.0 Å². The molecule has 5 nitrogen and oxygen atoms in total. The molecule has 4 N–H and O–H groups in total. The molecule has 0 aromatic heterocycles. The highest BCUT2D eigenvalue weighted by molar-refractivity contribution is 5.81. The molecule has 0 saturated heterocycles. The third kappa shape index (κ3) is 5.49. The standard InChI is InChI=1S/C13H25N3O2/c1-3-9(2)12(14)13(18)15-8-4-5-11(17)16-10-6-7-10/h9-10,12H,3-8,14H2,1-2H3,(H,15,18)(H,16,17)/t9-,12-/m0/s1. The SMILES string of the molecule is CC[C@H](C)[C@H](N)C(=O)NCCCC(=O)NC1CC1. The van der Waals surface area contributed by atoms with E-state index in [2.05, 4.69) is 10.6 Å². The van der Waals surface area contributed by atoms with Crippen molar-refractivity contribution in [3.05, 3.63) is 0 Å². The van der Waals surface area contributed by atoms with E-state index < -0.39 is 6.04 Å². The first kappa shape index (κ1) is 15.0. The molecule has 2 atom stereocenters. The number of nitrogens with one attached hydrogen (secondary N) is 2. The van der Waals surface area contributed by atoms with E-state index in [9.17, 15) is 9.59 Å². The fourth-order valence-electron chi connectivity index (χ4n) is 1.62. The summed E-state index contributed by atoms with van der Waals surface area (Å²) in [6.45, 7) is 4.49. The average molecular weight is 255 g/mol. The Morgan fingerprint density at radius 3 is 2.61 bits per heavy atom. The molecular weight excluding hydrogens is 230 g/mol. The molecule has 1 saturated carbocycles. The monoisotopic (exact) mass is 255 g/mol. The van der Waals surface area contributed by atoms with Crippen LogP contribution in [0.4, 0.5) is 0 Å². The molecule has 0 spiro atoms. The minimum absolute atomic E-state index is 0.0815. The van der Waals surface area contributed by atoms with Crippen molar-refractivity contribution < 1.29 is 9.59 Å². The lowest BCUT2D eigenvalue weighted by Gasteiger charge is -2.17. The Kier molecular flexibility index (Phi) is 6.12. The maximum Gasteiger partial charge on any atom is 0.237 e. The minimum Gasteiger partial charge on any atom is -0.355 e. The predicted octanol–water partition coefficient (Wildman–Crippen LogP) is 0.535. The molecular formula is C13H25N3O2. The normalized spacial score (nSPS) is 17.9. The molecule has 2 amide bonds. The van der Waals surface area contributed by atoms with Crippen LogP contribution in [-0.4, -0.2) is 30.4 Å². The van der Waals surface area contributed by atoms with Gasteiger partial charge >= 0.3 is 0 Å². The van der Waals surface area contributed by atoms with Crippen molar-refractivity contribution in [1.29, 1.82) is 0 Å². The zero-order valence-corrected chi connectivity index (χ0v) is 11.4. The third-order valence-corrected chi connectivity index (χ3v) is 3.38. The van der Waals surface area contributed by atoms with E-state index in [1.165, 1.54) is 0 Å². The van der Waals surface area contributed by atoms with Crippen molar-refractivity contribution in [2.45, 2.75) is 58.0 Å². The smallest absolute Gasteiger partial charge is 0.237 e. The molecule has 1 rings (SSSR count). The summed E-state index contributed by atoms with van der Waals surface area (Å²) in [7, 11) is 0. The third-order valence-electron chi connectivity index (χ3n) is 3.38. The summed E-state index contributed by atoms with van der Waals surface area (Å²) >= 11 is 0. The van der Waals surface area contributed by atoms with E-state index in [0.29, 0.717) is 25.4 Å². The largest absolute Gasteiger partial charge is 0.355 e. The van der Waals surface area contributed by atoms with Crippen molar-refractivity contribution in [3.63, 3.8) is 0 Å². The first-order valence-corrected chi connectivity index (χ1v) is 6.87. The Labute approximate surface area is 109 Å². The van der Waals surface area contributed by atoms with Crippen LogP contribution in [0.3, 0.4) is 0 Å². The average Bonchev–Trinajstić information content (AvgIpc) is 3.16. The Bertz CT molecular complexity index is 290. The van der Waals surface area contributed by atoms with Crippen LogP contribution in [-0.2, 0) is 9.59 Å². The number of nitrogens with two attached hydrogens (primary N) is 1. The highest BCUT2D eigenvalue weighted by Crippen LogP contribution is 2.18. The van der Waals surface area contributed by atoms with Gasteiger partial charge in [-0.05, 0) is 25.2 Å². The Balaban J connectivity index is 2.05. The van der Waals surface area contributed by atoms with Crippen LogP contribution in [0.25, 0.3) is 0 Å². The van der Waals surface area contributed by atoms with Crippen molar-refractivity contribution in [2.75, 3.05) is 6.54 Å². The van der Waals surface area contributed by atoms with Crippen LogP contribution in [0.1, 0.15) is 46.0 Å². The molecule has 0 aromatic carbocycles. The number of hydrogen-bond donors (Lipinski definition) is 3. The molecule has 0 heterocycles. The fraction of sp³-hybridized carbons (Fsp3) is 0.846. The van der Waals surface area contributed by atoms with Gasteiger partial charge < -0.3 is 16.4 Å². The Morgan fingerprint density at radius 2 is 2.06 bits per heavy atom. The molecule has 1 aliphatic carbocycles. The lowest BCUT2D eigenvalue weighted by Crippen LogP contribution is -2.45. The van der Waals surface area contributed by atoms with Crippen molar-refractivity contribution in [1.82, 2.24) is 10.6 Å². The van der Waals surface area contributed by atoms with E-state index in [1.807, 2.05) is 13.8 Å². The molecule has 0 aliphatic heterocycles.